The molecule has 0 spiro atoms. The normalized spacial score (nSPS) is 11.3. The monoisotopic (exact) mass is 415 g/mol. The highest BCUT2D eigenvalue weighted by Crippen LogP contribution is 2.28. The first-order valence-electron chi connectivity index (χ1n) is 11.1. The molecular weight excluding hydrogens is 386 g/mol. The highest BCUT2D eigenvalue weighted by molar-refractivity contribution is 6.10. The summed E-state index contributed by atoms with van der Waals surface area (Å²) in [7, 11) is 0. The Balaban J connectivity index is 1.59. The van der Waals surface area contributed by atoms with Crippen molar-refractivity contribution in [2.75, 3.05) is 12.3 Å². The lowest BCUT2D eigenvalue weighted by atomic mass is 10.1. The third kappa shape index (κ3) is 4.53. The average molecular weight is 416 g/mol. The number of benzene rings is 2. The SMILES string of the molecule is CCCCCn1c(N)c(C(=O)NCCCc2ccccc2)c2nc3ccccc3nc21. The second-order valence-corrected chi connectivity index (χ2v) is 7.85. The number of fused-ring (bicyclic) bond motifs is 2. The summed E-state index contributed by atoms with van der Waals surface area (Å²) in [4.78, 5) is 22.7. The predicted octanol–water partition coefficient (Wildman–Crippen LogP) is 4.72. The molecule has 0 saturated heterocycles. The number of aromatic nitrogens is 3. The lowest BCUT2D eigenvalue weighted by Gasteiger charge is -2.08. The number of rotatable bonds is 9. The van der Waals surface area contributed by atoms with Crippen LogP contribution >= 0.6 is 0 Å². The van der Waals surface area contributed by atoms with Crippen molar-refractivity contribution in [3.8, 4) is 0 Å². The van der Waals surface area contributed by atoms with Gasteiger partial charge in [-0.15, -0.1) is 0 Å². The van der Waals surface area contributed by atoms with E-state index < -0.39 is 0 Å². The molecule has 0 radical (unpaired) electrons. The van der Waals surface area contributed by atoms with Crippen LogP contribution in [0.5, 0.6) is 0 Å². The van der Waals surface area contributed by atoms with Gasteiger partial charge in [-0.2, -0.15) is 0 Å². The van der Waals surface area contributed by atoms with E-state index in [1.807, 2.05) is 47.0 Å². The lowest BCUT2D eigenvalue weighted by molar-refractivity contribution is 0.0955. The summed E-state index contributed by atoms with van der Waals surface area (Å²) in [6, 6.07) is 18.0. The van der Waals surface area contributed by atoms with Gasteiger partial charge in [0.2, 0.25) is 0 Å². The number of para-hydroxylation sites is 2. The molecule has 160 valence electrons. The smallest absolute Gasteiger partial charge is 0.257 e. The van der Waals surface area contributed by atoms with Gasteiger partial charge in [0, 0.05) is 13.1 Å². The first-order chi connectivity index (χ1) is 15.2. The molecule has 2 heterocycles. The largest absolute Gasteiger partial charge is 0.384 e. The van der Waals surface area contributed by atoms with Crippen LogP contribution in [0, 0.1) is 0 Å². The minimum atomic E-state index is -0.186. The minimum absolute atomic E-state index is 0.186. The number of amides is 1. The molecule has 2 aromatic heterocycles. The van der Waals surface area contributed by atoms with Crippen molar-refractivity contribution >= 4 is 33.9 Å². The van der Waals surface area contributed by atoms with Crippen LogP contribution in [0.2, 0.25) is 0 Å². The highest BCUT2D eigenvalue weighted by atomic mass is 16.1. The Morgan fingerprint density at radius 3 is 2.42 bits per heavy atom. The van der Waals surface area contributed by atoms with Crippen molar-refractivity contribution in [1.29, 1.82) is 0 Å². The van der Waals surface area contributed by atoms with E-state index in [9.17, 15) is 4.79 Å². The van der Waals surface area contributed by atoms with Crippen LogP contribution in [0.15, 0.2) is 54.6 Å². The highest BCUT2D eigenvalue weighted by Gasteiger charge is 2.23. The number of hydrogen-bond acceptors (Lipinski definition) is 4. The van der Waals surface area contributed by atoms with Crippen molar-refractivity contribution in [2.45, 2.75) is 45.6 Å². The number of unbranched alkanes of at least 4 members (excludes halogenated alkanes) is 2. The second kappa shape index (κ2) is 9.60. The summed E-state index contributed by atoms with van der Waals surface area (Å²) >= 11 is 0. The van der Waals surface area contributed by atoms with Crippen molar-refractivity contribution in [3.05, 3.63) is 65.7 Å². The topological polar surface area (TPSA) is 85.8 Å². The summed E-state index contributed by atoms with van der Waals surface area (Å²) in [5.41, 5.74) is 11.0. The van der Waals surface area contributed by atoms with Crippen LogP contribution in [-0.2, 0) is 13.0 Å². The number of nitrogens with one attached hydrogen (secondary N) is 1. The molecular formula is C25H29N5O. The van der Waals surface area contributed by atoms with E-state index in [1.54, 1.807) is 0 Å². The van der Waals surface area contributed by atoms with E-state index in [1.165, 1.54) is 5.56 Å². The van der Waals surface area contributed by atoms with E-state index in [2.05, 4.69) is 24.4 Å². The molecule has 4 rings (SSSR count). The zero-order chi connectivity index (χ0) is 21.6. The van der Waals surface area contributed by atoms with E-state index in [-0.39, 0.29) is 5.91 Å². The molecule has 0 aliphatic carbocycles. The molecule has 0 bridgehead atoms. The van der Waals surface area contributed by atoms with Crippen LogP contribution < -0.4 is 11.1 Å². The molecule has 0 atom stereocenters. The standard InChI is InChI=1S/C25H29N5O/c1-2-3-9-17-30-23(26)21(22-24(30)29-20-15-8-7-14-19(20)28-22)25(31)27-16-10-13-18-11-5-4-6-12-18/h4-8,11-12,14-15H,2-3,9-10,13,16-17,26H2,1H3,(H,27,31). The van der Waals surface area contributed by atoms with Crippen LogP contribution in [0.3, 0.4) is 0 Å². The minimum Gasteiger partial charge on any atom is -0.384 e. The quantitative estimate of drug-likeness (QED) is 0.387. The van der Waals surface area contributed by atoms with Crippen molar-refractivity contribution in [2.24, 2.45) is 0 Å². The van der Waals surface area contributed by atoms with Gasteiger partial charge in [-0.1, -0.05) is 62.2 Å². The Bertz CT molecular complexity index is 1180. The average Bonchev–Trinajstić information content (AvgIpc) is 3.06. The first kappa shape index (κ1) is 20.8. The molecule has 3 N–H and O–H groups in total. The molecule has 1 amide bonds. The maximum atomic E-state index is 13.1. The van der Waals surface area contributed by atoms with Gasteiger partial charge in [0.05, 0.1) is 11.0 Å². The fourth-order valence-electron chi connectivity index (χ4n) is 3.91. The molecule has 6 heteroatoms. The van der Waals surface area contributed by atoms with Crippen molar-refractivity contribution in [3.63, 3.8) is 0 Å². The maximum Gasteiger partial charge on any atom is 0.257 e. The lowest BCUT2D eigenvalue weighted by Crippen LogP contribution is -2.25. The second-order valence-electron chi connectivity index (χ2n) is 7.85. The van der Waals surface area contributed by atoms with Crippen LogP contribution in [0.25, 0.3) is 22.2 Å². The Hall–Kier alpha value is -3.41. The first-order valence-corrected chi connectivity index (χ1v) is 11.1. The Morgan fingerprint density at radius 2 is 1.68 bits per heavy atom. The van der Waals surface area contributed by atoms with E-state index in [4.69, 9.17) is 15.7 Å². The Labute approximate surface area is 182 Å². The molecule has 31 heavy (non-hydrogen) atoms. The number of carbonyl (C=O) groups is 1. The van der Waals surface area contributed by atoms with Crippen LogP contribution in [0.1, 0.15) is 48.5 Å². The molecule has 0 saturated carbocycles. The number of carbonyl (C=O) groups excluding carboxylic acids is 1. The molecule has 4 aromatic rings. The number of hydrogen-bond donors (Lipinski definition) is 2. The summed E-state index contributed by atoms with van der Waals surface area (Å²) in [5, 5.41) is 3.03. The van der Waals surface area contributed by atoms with E-state index >= 15 is 0 Å². The summed E-state index contributed by atoms with van der Waals surface area (Å²) in [5.74, 6) is 0.261. The van der Waals surface area contributed by atoms with E-state index in [0.717, 1.165) is 49.7 Å². The predicted molar refractivity (Wildman–Crippen MR) is 126 cm³/mol. The summed E-state index contributed by atoms with van der Waals surface area (Å²) in [6.07, 6.45) is 4.97. The van der Waals surface area contributed by atoms with Gasteiger partial charge in [-0.25, -0.2) is 9.97 Å². The molecule has 6 nitrogen and oxygen atoms in total. The molecule has 2 aromatic carbocycles. The van der Waals surface area contributed by atoms with Gasteiger partial charge in [0.1, 0.15) is 16.9 Å². The number of nitrogens with two attached hydrogens (primary N) is 1. The van der Waals surface area contributed by atoms with E-state index in [0.29, 0.717) is 29.1 Å². The molecule has 0 aliphatic rings. The third-order valence-corrected chi connectivity index (χ3v) is 5.57. The third-order valence-electron chi connectivity index (χ3n) is 5.57. The molecule has 0 unspecified atom stereocenters. The molecule has 0 aliphatic heterocycles. The number of aryl methyl sites for hydroxylation is 2. The zero-order valence-electron chi connectivity index (χ0n) is 18.0. The number of nitrogen functional groups attached to an aromatic ring is 1. The van der Waals surface area contributed by atoms with Gasteiger partial charge in [0.25, 0.3) is 5.91 Å². The fourth-order valence-corrected chi connectivity index (χ4v) is 3.91. The van der Waals surface area contributed by atoms with Gasteiger partial charge in [0.15, 0.2) is 5.65 Å². The van der Waals surface area contributed by atoms with Crippen LogP contribution in [-0.4, -0.2) is 27.0 Å². The molecule has 0 fully saturated rings. The number of nitrogens with zero attached hydrogens (tertiary/aromatic N) is 3. The summed E-state index contributed by atoms with van der Waals surface area (Å²) < 4.78 is 1.95. The maximum absolute atomic E-state index is 13.1. The fraction of sp³-hybridized carbons (Fsp3) is 0.320. The van der Waals surface area contributed by atoms with Gasteiger partial charge in [-0.3, -0.25) is 4.79 Å². The zero-order valence-corrected chi connectivity index (χ0v) is 18.0. The Kier molecular flexibility index (Phi) is 6.46. The van der Waals surface area contributed by atoms with Gasteiger partial charge >= 0.3 is 0 Å². The van der Waals surface area contributed by atoms with Crippen molar-refractivity contribution < 1.29 is 4.79 Å². The van der Waals surface area contributed by atoms with Crippen LogP contribution in [0.4, 0.5) is 5.82 Å². The summed E-state index contributed by atoms with van der Waals surface area (Å²) in [6.45, 7) is 3.47. The van der Waals surface area contributed by atoms with Gasteiger partial charge < -0.3 is 15.6 Å². The Morgan fingerprint density at radius 1 is 0.968 bits per heavy atom. The van der Waals surface area contributed by atoms with Crippen molar-refractivity contribution in [1.82, 2.24) is 19.9 Å². The van der Waals surface area contributed by atoms with Gasteiger partial charge in [-0.05, 0) is 37.0 Å². The number of anilines is 1.